The predicted molar refractivity (Wildman–Crippen MR) is 114 cm³/mol. The number of ether oxygens (including phenoxy) is 2. The van der Waals surface area contributed by atoms with E-state index in [4.69, 9.17) is 9.47 Å². The lowest BCUT2D eigenvalue weighted by Gasteiger charge is -2.27. The van der Waals surface area contributed by atoms with E-state index in [-0.39, 0.29) is 30.6 Å². The van der Waals surface area contributed by atoms with E-state index in [0.29, 0.717) is 24.7 Å². The standard InChI is InChI=1S/C20H30N6O4S/c1-13-11-22-16(12-21-13)10-15(3)31(27,28)25-20-24-23-19(18-5-4-14(2)30-18)26(20)17-6-8-29-9-7-17/h11-12,14-15,17-18H,4-10H2,1-3H3,(H,24,25)/t14-,15+,18-/m1/s1. The molecule has 0 amide bonds. The lowest BCUT2D eigenvalue weighted by Crippen LogP contribution is -2.30. The fraction of sp³-hybridized carbons (Fsp3) is 0.700. The summed E-state index contributed by atoms with van der Waals surface area (Å²) in [5.74, 6) is 0.929. The highest BCUT2D eigenvalue weighted by molar-refractivity contribution is 7.93. The van der Waals surface area contributed by atoms with E-state index >= 15 is 0 Å². The number of anilines is 1. The van der Waals surface area contributed by atoms with Gasteiger partial charge in [0.1, 0.15) is 6.10 Å². The van der Waals surface area contributed by atoms with Crippen LogP contribution >= 0.6 is 0 Å². The number of aromatic nitrogens is 5. The summed E-state index contributed by atoms with van der Waals surface area (Å²) in [4.78, 5) is 8.47. The van der Waals surface area contributed by atoms with Gasteiger partial charge in [-0.2, -0.15) is 0 Å². The van der Waals surface area contributed by atoms with E-state index in [1.807, 2.05) is 18.4 Å². The molecule has 0 bridgehead atoms. The minimum atomic E-state index is -3.72. The van der Waals surface area contributed by atoms with Crippen molar-refractivity contribution in [1.29, 1.82) is 0 Å². The lowest BCUT2D eigenvalue weighted by molar-refractivity contribution is 0.0397. The number of rotatable bonds is 7. The molecule has 0 radical (unpaired) electrons. The van der Waals surface area contributed by atoms with Gasteiger partial charge in [-0.25, -0.2) is 8.42 Å². The summed E-state index contributed by atoms with van der Waals surface area (Å²) in [7, 11) is -3.72. The van der Waals surface area contributed by atoms with Gasteiger partial charge in [-0.3, -0.25) is 19.3 Å². The van der Waals surface area contributed by atoms with Crippen LogP contribution in [-0.2, 0) is 25.9 Å². The molecular weight excluding hydrogens is 420 g/mol. The summed E-state index contributed by atoms with van der Waals surface area (Å²) in [6.07, 6.45) is 6.82. The van der Waals surface area contributed by atoms with Crippen LogP contribution in [0.4, 0.5) is 5.95 Å². The van der Waals surface area contributed by atoms with Crippen molar-refractivity contribution in [2.24, 2.45) is 0 Å². The van der Waals surface area contributed by atoms with Crippen LogP contribution in [0.2, 0.25) is 0 Å². The van der Waals surface area contributed by atoms with Crippen molar-refractivity contribution in [1.82, 2.24) is 24.7 Å². The van der Waals surface area contributed by atoms with Crippen LogP contribution in [0.15, 0.2) is 12.4 Å². The van der Waals surface area contributed by atoms with Crippen LogP contribution in [0.3, 0.4) is 0 Å². The first-order valence-electron chi connectivity index (χ1n) is 10.8. The first-order chi connectivity index (χ1) is 14.8. The highest BCUT2D eigenvalue weighted by Gasteiger charge is 2.34. The smallest absolute Gasteiger partial charge is 0.238 e. The molecule has 0 unspecified atom stereocenters. The maximum atomic E-state index is 13.1. The van der Waals surface area contributed by atoms with Crippen molar-refractivity contribution >= 4 is 16.0 Å². The summed E-state index contributed by atoms with van der Waals surface area (Å²) in [5.41, 5.74) is 1.42. The zero-order chi connectivity index (χ0) is 22.0. The molecule has 0 aliphatic carbocycles. The molecule has 2 fully saturated rings. The monoisotopic (exact) mass is 450 g/mol. The van der Waals surface area contributed by atoms with Gasteiger partial charge < -0.3 is 9.47 Å². The van der Waals surface area contributed by atoms with Gasteiger partial charge in [0.25, 0.3) is 0 Å². The number of nitrogens with zero attached hydrogens (tertiary/aromatic N) is 5. The second kappa shape index (κ2) is 9.17. The van der Waals surface area contributed by atoms with Crippen molar-refractivity contribution in [2.45, 2.75) is 76.4 Å². The Morgan fingerprint density at radius 2 is 1.94 bits per heavy atom. The van der Waals surface area contributed by atoms with E-state index in [0.717, 1.165) is 31.4 Å². The third-order valence-electron chi connectivity index (χ3n) is 5.89. The third-order valence-corrected chi connectivity index (χ3v) is 7.59. The van der Waals surface area contributed by atoms with Crippen molar-refractivity contribution in [2.75, 3.05) is 17.9 Å². The molecule has 1 N–H and O–H groups in total. The van der Waals surface area contributed by atoms with Crippen molar-refractivity contribution in [3.63, 3.8) is 0 Å². The van der Waals surface area contributed by atoms with Crippen molar-refractivity contribution in [3.05, 3.63) is 29.6 Å². The molecule has 2 aromatic rings. The number of hydrogen-bond donors (Lipinski definition) is 1. The maximum absolute atomic E-state index is 13.1. The molecule has 4 heterocycles. The summed E-state index contributed by atoms with van der Waals surface area (Å²) < 4.78 is 42.3. The Kier molecular flexibility index (Phi) is 6.54. The predicted octanol–water partition coefficient (Wildman–Crippen LogP) is 2.34. The van der Waals surface area contributed by atoms with Crippen LogP contribution in [0.5, 0.6) is 0 Å². The molecule has 2 aliphatic heterocycles. The largest absolute Gasteiger partial charge is 0.381 e. The van der Waals surface area contributed by atoms with Gasteiger partial charge in [0, 0.05) is 38.1 Å². The third kappa shape index (κ3) is 5.04. The number of sulfonamides is 1. The van der Waals surface area contributed by atoms with Gasteiger partial charge in [0.2, 0.25) is 16.0 Å². The van der Waals surface area contributed by atoms with Gasteiger partial charge in [-0.05, 0) is 46.5 Å². The van der Waals surface area contributed by atoms with Gasteiger partial charge >= 0.3 is 0 Å². The first kappa shape index (κ1) is 22.1. The Morgan fingerprint density at radius 3 is 2.58 bits per heavy atom. The fourth-order valence-electron chi connectivity index (χ4n) is 4.05. The van der Waals surface area contributed by atoms with Crippen LogP contribution in [0, 0.1) is 6.92 Å². The van der Waals surface area contributed by atoms with Crippen LogP contribution in [0.1, 0.15) is 68.9 Å². The molecule has 4 rings (SSSR count). The van der Waals surface area contributed by atoms with Crippen LogP contribution in [0.25, 0.3) is 0 Å². The van der Waals surface area contributed by atoms with Gasteiger partial charge in [0.15, 0.2) is 5.82 Å². The van der Waals surface area contributed by atoms with E-state index in [2.05, 4.69) is 24.9 Å². The molecule has 11 heteroatoms. The van der Waals surface area contributed by atoms with E-state index in [1.54, 1.807) is 19.3 Å². The van der Waals surface area contributed by atoms with E-state index < -0.39 is 15.3 Å². The maximum Gasteiger partial charge on any atom is 0.238 e. The van der Waals surface area contributed by atoms with Gasteiger partial charge in [-0.1, -0.05) is 0 Å². The van der Waals surface area contributed by atoms with Crippen LogP contribution < -0.4 is 4.72 Å². The minimum Gasteiger partial charge on any atom is -0.381 e. The SMILES string of the molecule is Cc1cnc(C[C@H](C)S(=O)(=O)Nc2nnc([C@H]3CC[C@@H](C)O3)n2C2CCOCC2)cn1. The highest BCUT2D eigenvalue weighted by Crippen LogP contribution is 2.36. The minimum absolute atomic E-state index is 0.0641. The molecule has 10 nitrogen and oxygen atoms in total. The summed E-state index contributed by atoms with van der Waals surface area (Å²) in [6.45, 7) is 6.78. The molecule has 2 aliphatic rings. The summed E-state index contributed by atoms with van der Waals surface area (Å²) in [5, 5.41) is 7.85. The van der Waals surface area contributed by atoms with Gasteiger partial charge in [-0.15, -0.1) is 10.2 Å². The molecule has 2 saturated heterocycles. The second-order valence-electron chi connectivity index (χ2n) is 8.42. The zero-order valence-corrected chi connectivity index (χ0v) is 19.0. The molecule has 0 spiro atoms. The average molecular weight is 451 g/mol. The van der Waals surface area contributed by atoms with Gasteiger partial charge in [0.05, 0.1) is 22.7 Å². The normalized spacial score (nSPS) is 23.7. The molecule has 0 aromatic carbocycles. The van der Waals surface area contributed by atoms with E-state index in [1.165, 1.54) is 0 Å². The van der Waals surface area contributed by atoms with Crippen molar-refractivity contribution in [3.8, 4) is 0 Å². The van der Waals surface area contributed by atoms with Crippen molar-refractivity contribution < 1.29 is 17.9 Å². The van der Waals surface area contributed by atoms with E-state index in [9.17, 15) is 8.42 Å². The summed E-state index contributed by atoms with van der Waals surface area (Å²) >= 11 is 0. The van der Waals surface area contributed by atoms with Crippen LogP contribution in [-0.4, -0.2) is 57.7 Å². The number of nitrogens with one attached hydrogen (secondary N) is 1. The Morgan fingerprint density at radius 1 is 1.16 bits per heavy atom. The Hall–Kier alpha value is -2.11. The molecule has 2 aromatic heterocycles. The molecule has 3 atom stereocenters. The Bertz CT molecular complexity index is 988. The number of aryl methyl sites for hydroxylation is 1. The lowest BCUT2D eigenvalue weighted by atomic mass is 10.1. The molecular formula is C20H30N6O4S. The number of hydrogen-bond acceptors (Lipinski definition) is 8. The molecule has 0 saturated carbocycles. The average Bonchev–Trinajstić information content (AvgIpc) is 3.36. The quantitative estimate of drug-likeness (QED) is 0.682. The highest BCUT2D eigenvalue weighted by atomic mass is 32.2. The zero-order valence-electron chi connectivity index (χ0n) is 18.2. The summed E-state index contributed by atoms with van der Waals surface area (Å²) in [6, 6.07) is 0.0641. The Balaban J connectivity index is 1.57. The second-order valence-corrected chi connectivity index (χ2v) is 10.5. The fourth-order valence-corrected chi connectivity index (χ4v) is 5.03. The Labute approximate surface area is 182 Å². The molecule has 31 heavy (non-hydrogen) atoms. The first-order valence-corrected chi connectivity index (χ1v) is 12.3. The molecule has 170 valence electrons. The topological polar surface area (TPSA) is 121 Å².